The third-order valence-corrected chi connectivity index (χ3v) is 6.41. The zero-order valence-corrected chi connectivity index (χ0v) is 20.0. The van der Waals surface area contributed by atoms with Crippen LogP contribution in [0.15, 0.2) is 46.3 Å². The number of hydrazone groups is 1. The Hall–Kier alpha value is -3.98. The minimum absolute atomic E-state index is 0.0000297. The van der Waals surface area contributed by atoms with Crippen molar-refractivity contribution >= 4 is 40.6 Å². The number of methoxy groups -OCH3 is 1. The number of pyridine rings is 1. The number of nitrogens with zero attached hydrogens (tertiary/aromatic N) is 3. The average Bonchev–Trinajstić information content (AvgIpc) is 3.30. The van der Waals surface area contributed by atoms with E-state index in [0.717, 1.165) is 22.2 Å². The van der Waals surface area contributed by atoms with Crippen LogP contribution < -0.4 is 20.5 Å². The Morgan fingerprint density at radius 2 is 2.03 bits per heavy atom. The summed E-state index contributed by atoms with van der Waals surface area (Å²) in [5.41, 5.74) is 4.24. The Bertz CT molecular complexity index is 1420. The number of H-pyrrole nitrogens is 1. The molecule has 9 nitrogen and oxygen atoms in total. The topological polar surface area (TPSA) is 99.0 Å². The van der Waals surface area contributed by atoms with Crippen molar-refractivity contribution in [1.82, 2.24) is 4.98 Å². The van der Waals surface area contributed by atoms with E-state index in [4.69, 9.17) is 9.47 Å². The van der Waals surface area contributed by atoms with E-state index in [0.29, 0.717) is 48.8 Å². The maximum atomic E-state index is 13.7. The van der Waals surface area contributed by atoms with Crippen molar-refractivity contribution in [3.05, 3.63) is 63.4 Å². The van der Waals surface area contributed by atoms with Gasteiger partial charge in [-0.1, -0.05) is 10.8 Å². The van der Waals surface area contributed by atoms with E-state index in [1.807, 2.05) is 50.7 Å². The average molecular weight is 475 g/mol. The molecule has 1 saturated heterocycles. The predicted octanol–water partition coefficient (Wildman–Crippen LogP) is 2.73. The van der Waals surface area contributed by atoms with Crippen molar-refractivity contribution in [2.75, 3.05) is 50.7 Å². The molecule has 0 aliphatic carbocycles. The van der Waals surface area contributed by atoms with Crippen LogP contribution in [0.2, 0.25) is 0 Å². The van der Waals surface area contributed by atoms with Gasteiger partial charge in [0, 0.05) is 36.3 Å². The molecule has 35 heavy (non-hydrogen) atoms. The fourth-order valence-corrected chi connectivity index (χ4v) is 4.59. The molecule has 1 aromatic heterocycles. The molecule has 5 rings (SSSR count). The fraction of sp³-hybridized carbons (Fsp3) is 0.308. The van der Waals surface area contributed by atoms with Gasteiger partial charge in [-0.15, -0.1) is 0 Å². The Labute approximate surface area is 202 Å². The Kier molecular flexibility index (Phi) is 6.08. The lowest BCUT2D eigenvalue weighted by Gasteiger charge is -2.30. The lowest BCUT2D eigenvalue weighted by molar-refractivity contribution is -0.494. The number of aromatic nitrogens is 1. The van der Waals surface area contributed by atoms with Crippen molar-refractivity contribution in [3.63, 3.8) is 0 Å². The lowest BCUT2D eigenvalue weighted by Crippen LogP contribution is -2.37. The van der Waals surface area contributed by atoms with Crippen LogP contribution in [-0.4, -0.2) is 68.5 Å². The van der Waals surface area contributed by atoms with Gasteiger partial charge in [-0.05, 0) is 41.4 Å². The highest BCUT2D eigenvalue weighted by molar-refractivity contribution is 6.10. The van der Waals surface area contributed by atoms with Crippen LogP contribution in [-0.2, 0) is 4.74 Å². The van der Waals surface area contributed by atoms with E-state index >= 15 is 0 Å². The number of aryl methyl sites for hydroxylation is 1. The Balaban J connectivity index is 1.55. The summed E-state index contributed by atoms with van der Waals surface area (Å²) in [6.45, 7) is 4.53. The van der Waals surface area contributed by atoms with Crippen LogP contribution in [0.5, 0.6) is 5.75 Å². The first-order valence-electron chi connectivity index (χ1n) is 11.5. The molecule has 1 unspecified atom stereocenters. The molecule has 0 spiro atoms. The van der Waals surface area contributed by atoms with Crippen LogP contribution >= 0.6 is 0 Å². The molecule has 1 atom stereocenters. The Morgan fingerprint density at radius 1 is 1.23 bits per heavy atom. The summed E-state index contributed by atoms with van der Waals surface area (Å²) in [7, 11) is 3.42. The van der Waals surface area contributed by atoms with Gasteiger partial charge in [0.05, 0.1) is 43.3 Å². The van der Waals surface area contributed by atoms with E-state index in [1.165, 1.54) is 13.2 Å². The van der Waals surface area contributed by atoms with Gasteiger partial charge in [0.15, 0.2) is 13.3 Å². The van der Waals surface area contributed by atoms with E-state index in [1.54, 1.807) is 10.8 Å². The number of nitrogens with one attached hydrogen (secondary N) is 2. The molecule has 1 fully saturated rings. The van der Waals surface area contributed by atoms with Crippen molar-refractivity contribution in [2.45, 2.75) is 12.8 Å². The molecule has 2 aliphatic heterocycles. The number of aromatic amines is 1. The quantitative estimate of drug-likeness (QED) is 0.554. The second kappa shape index (κ2) is 9.34. The molecule has 9 heteroatoms. The van der Waals surface area contributed by atoms with Crippen LogP contribution in [0.1, 0.15) is 27.4 Å². The largest absolute Gasteiger partial charge is 0.494 e. The second-order valence-electron chi connectivity index (χ2n) is 8.76. The van der Waals surface area contributed by atoms with Gasteiger partial charge in [0.1, 0.15) is 11.7 Å². The number of benzene rings is 2. The molecule has 2 N–H and O–H groups in total. The van der Waals surface area contributed by atoms with Gasteiger partial charge in [0.2, 0.25) is 5.56 Å². The summed E-state index contributed by atoms with van der Waals surface area (Å²) >= 11 is 0. The van der Waals surface area contributed by atoms with Gasteiger partial charge in [0.25, 0.3) is 5.91 Å². The highest BCUT2D eigenvalue weighted by Gasteiger charge is 2.24. The first kappa shape index (κ1) is 22.8. The number of fused-ring (bicyclic) bond motifs is 1. The fourth-order valence-electron chi connectivity index (χ4n) is 4.59. The summed E-state index contributed by atoms with van der Waals surface area (Å²) in [5, 5.41) is 8.18. The summed E-state index contributed by atoms with van der Waals surface area (Å²) in [6.07, 6.45) is 3.86. The van der Waals surface area contributed by atoms with E-state index in [-0.39, 0.29) is 17.4 Å². The highest BCUT2D eigenvalue weighted by atomic mass is 16.5. The van der Waals surface area contributed by atoms with Crippen molar-refractivity contribution in [3.8, 4) is 5.75 Å². The molecule has 3 heterocycles. The standard InChI is InChI=1S/C26H27N5O4/c1-16-10-25(32)28-21-13-24(34-3)22(12-19(16)21)29-26(33)20-11-17(18-14-27-30(2)15-18)4-5-23(20)31-6-8-35-9-7-31/h4-5,10-15,18H,6-9H2,1-3H3,(H-,28,29,32,33)/p+1. The Morgan fingerprint density at radius 3 is 2.74 bits per heavy atom. The number of rotatable bonds is 5. The molecular weight excluding hydrogens is 446 g/mol. The number of morpholine rings is 1. The molecule has 2 aliphatic rings. The molecule has 0 saturated carbocycles. The molecule has 0 radical (unpaired) electrons. The van der Waals surface area contributed by atoms with Gasteiger partial charge in [-0.25, -0.2) is 0 Å². The monoisotopic (exact) mass is 474 g/mol. The summed E-state index contributed by atoms with van der Waals surface area (Å²) in [6, 6.07) is 11.1. The van der Waals surface area contributed by atoms with Gasteiger partial charge < -0.3 is 24.7 Å². The highest BCUT2D eigenvalue weighted by Crippen LogP contribution is 2.32. The predicted molar refractivity (Wildman–Crippen MR) is 137 cm³/mol. The zero-order chi connectivity index (χ0) is 24.5. The maximum Gasteiger partial charge on any atom is 0.257 e. The summed E-state index contributed by atoms with van der Waals surface area (Å²) < 4.78 is 12.8. The van der Waals surface area contributed by atoms with E-state index in [9.17, 15) is 9.59 Å². The molecule has 2 aromatic carbocycles. The van der Waals surface area contributed by atoms with E-state index in [2.05, 4.69) is 20.3 Å². The van der Waals surface area contributed by atoms with Crippen molar-refractivity contribution < 1.29 is 19.0 Å². The van der Waals surface area contributed by atoms with E-state index < -0.39 is 0 Å². The third-order valence-electron chi connectivity index (χ3n) is 6.41. The van der Waals surface area contributed by atoms with Gasteiger partial charge in [-0.3, -0.25) is 9.59 Å². The smallest absolute Gasteiger partial charge is 0.257 e. The minimum atomic E-state index is -0.239. The molecule has 1 amide bonds. The maximum absolute atomic E-state index is 13.7. The SMILES string of the molecule is COc1cc2[nH]c(=O)cc(C)c2cc1NC(=O)c1cc(C2C=N[N+](C)=C2)ccc1N1CCOCC1. The van der Waals surface area contributed by atoms with Crippen molar-refractivity contribution in [1.29, 1.82) is 0 Å². The first-order chi connectivity index (χ1) is 16.9. The van der Waals surface area contributed by atoms with Crippen LogP contribution in [0, 0.1) is 6.92 Å². The lowest BCUT2D eigenvalue weighted by atomic mass is 9.97. The van der Waals surface area contributed by atoms with Crippen LogP contribution in [0.4, 0.5) is 11.4 Å². The number of carbonyl (C=O) groups is 1. The van der Waals surface area contributed by atoms with Crippen molar-refractivity contribution in [2.24, 2.45) is 5.10 Å². The summed E-state index contributed by atoms with van der Waals surface area (Å²) in [5.74, 6) is 0.227. The molecular formula is C26H28N5O4+. The third kappa shape index (κ3) is 4.54. The number of hydrogen-bond acceptors (Lipinski definition) is 6. The minimum Gasteiger partial charge on any atom is -0.494 e. The molecule has 0 bridgehead atoms. The normalized spacial score (nSPS) is 17.5. The second-order valence-corrected chi connectivity index (χ2v) is 8.76. The van der Waals surface area contributed by atoms with Gasteiger partial charge >= 0.3 is 0 Å². The van der Waals surface area contributed by atoms with Crippen LogP contribution in [0.25, 0.3) is 10.9 Å². The van der Waals surface area contributed by atoms with Gasteiger partial charge in [-0.2, -0.15) is 0 Å². The number of carbonyl (C=O) groups excluding carboxylic acids is 1. The molecule has 180 valence electrons. The van der Waals surface area contributed by atoms with Crippen LogP contribution in [0.3, 0.4) is 0 Å². The number of anilines is 2. The first-order valence-corrected chi connectivity index (χ1v) is 11.5. The number of ether oxygens (including phenoxy) is 2. The summed E-state index contributed by atoms with van der Waals surface area (Å²) in [4.78, 5) is 30.6. The number of hydrogen-bond donors (Lipinski definition) is 2. The number of amides is 1. The zero-order valence-electron chi connectivity index (χ0n) is 20.0. The molecule has 3 aromatic rings.